The van der Waals surface area contributed by atoms with Gasteiger partial charge in [-0.15, -0.1) is 0 Å². The van der Waals surface area contributed by atoms with Crippen LogP contribution in [-0.4, -0.2) is 42.4 Å². The Balaban J connectivity index is 2.41. The van der Waals surface area contributed by atoms with E-state index in [9.17, 15) is 4.79 Å². The molecule has 1 saturated heterocycles. The van der Waals surface area contributed by atoms with Gasteiger partial charge in [-0.05, 0) is 19.8 Å². The minimum atomic E-state index is -0.812. The van der Waals surface area contributed by atoms with E-state index < -0.39 is 11.6 Å². The molecule has 1 unspecified atom stereocenters. The highest BCUT2D eigenvalue weighted by molar-refractivity contribution is 5.86. The Morgan fingerprint density at radius 3 is 2.71 bits per heavy atom. The minimum absolute atomic E-state index is 0.193. The van der Waals surface area contributed by atoms with E-state index in [-0.39, 0.29) is 12.5 Å². The Hall–Kier alpha value is -0.650. The Kier molecular flexibility index (Phi) is 3.86. The molecule has 0 radical (unpaired) electrons. The van der Waals surface area contributed by atoms with E-state index in [0.717, 1.165) is 0 Å². The van der Waals surface area contributed by atoms with Crippen molar-refractivity contribution in [2.24, 2.45) is 5.73 Å². The summed E-state index contributed by atoms with van der Waals surface area (Å²) in [5.41, 5.74) is 5.10. The second-order valence-corrected chi connectivity index (χ2v) is 3.83. The SMILES string of the molecule is CC(O)CNC(=O)C1(N)CCOCC1. The number of aliphatic hydroxyl groups excluding tert-OH is 1. The predicted molar refractivity (Wildman–Crippen MR) is 51.7 cm³/mol. The Bertz CT molecular complexity index is 200. The summed E-state index contributed by atoms with van der Waals surface area (Å²) in [6, 6.07) is 0. The van der Waals surface area contributed by atoms with Gasteiger partial charge in [0, 0.05) is 19.8 Å². The molecule has 14 heavy (non-hydrogen) atoms. The fraction of sp³-hybridized carbons (Fsp3) is 0.889. The molecule has 0 aromatic heterocycles. The molecule has 1 atom stereocenters. The van der Waals surface area contributed by atoms with Crippen LogP contribution in [0.1, 0.15) is 19.8 Å². The number of rotatable bonds is 3. The molecule has 5 heteroatoms. The Morgan fingerprint density at radius 2 is 2.21 bits per heavy atom. The smallest absolute Gasteiger partial charge is 0.240 e. The van der Waals surface area contributed by atoms with Crippen molar-refractivity contribution in [3.63, 3.8) is 0 Å². The maximum absolute atomic E-state index is 11.6. The van der Waals surface area contributed by atoms with Crippen LogP contribution in [0, 0.1) is 0 Å². The predicted octanol–water partition coefficient (Wildman–Crippen LogP) is -1.01. The molecule has 5 nitrogen and oxygen atoms in total. The van der Waals surface area contributed by atoms with Gasteiger partial charge in [0.25, 0.3) is 0 Å². The van der Waals surface area contributed by atoms with E-state index >= 15 is 0 Å². The van der Waals surface area contributed by atoms with Gasteiger partial charge in [0.05, 0.1) is 11.6 Å². The van der Waals surface area contributed by atoms with Crippen molar-refractivity contribution in [3.8, 4) is 0 Å². The number of amides is 1. The number of aliphatic hydroxyl groups is 1. The summed E-state index contributed by atoms with van der Waals surface area (Å²) in [4.78, 5) is 11.6. The average molecular weight is 202 g/mol. The number of hydrogen-bond acceptors (Lipinski definition) is 4. The van der Waals surface area contributed by atoms with E-state index in [1.54, 1.807) is 6.92 Å². The maximum Gasteiger partial charge on any atom is 0.240 e. The van der Waals surface area contributed by atoms with Crippen molar-refractivity contribution in [3.05, 3.63) is 0 Å². The third-order valence-corrected chi connectivity index (χ3v) is 2.40. The van der Waals surface area contributed by atoms with Crippen LogP contribution < -0.4 is 11.1 Å². The molecule has 1 aliphatic heterocycles. The topological polar surface area (TPSA) is 84.6 Å². The summed E-state index contributed by atoms with van der Waals surface area (Å²) >= 11 is 0. The van der Waals surface area contributed by atoms with Gasteiger partial charge in [0.2, 0.25) is 5.91 Å². The lowest BCUT2D eigenvalue weighted by atomic mass is 9.90. The zero-order valence-electron chi connectivity index (χ0n) is 8.45. The highest BCUT2D eigenvalue weighted by Crippen LogP contribution is 2.17. The van der Waals surface area contributed by atoms with E-state index in [1.807, 2.05) is 0 Å². The first-order valence-corrected chi connectivity index (χ1v) is 4.87. The number of carbonyl (C=O) groups is 1. The van der Waals surface area contributed by atoms with Crippen molar-refractivity contribution < 1.29 is 14.6 Å². The standard InChI is InChI=1S/C9H18N2O3/c1-7(12)6-11-8(13)9(10)2-4-14-5-3-9/h7,12H,2-6,10H2,1H3,(H,11,13). The van der Waals surface area contributed by atoms with Crippen molar-refractivity contribution in [1.29, 1.82) is 0 Å². The Labute approximate surface area is 83.6 Å². The summed E-state index contributed by atoms with van der Waals surface area (Å²) in [7, 11) is 0. The monoisotopic (exact) mass is 202 g/mol. The lowest BCUT2D eigenvalue weighted by Gasteiger charge is -2.31. The van der Waals surface area contributed by atoms with Gasteiger partial charge < -0.3 is 20.9 Å². The fourth-order valence-corrected chi connectivity index (χ4v) is 1.38. The van der Waals surface area contributed by atoms with Crippen LogP contribution in [0.2, 0.25) is 0 Å². The van der Waals surface area contributed by atoms with Crippen LogP contribution in [0.4, 0.5) is 0 Å². The van der Waals surface area contributed by atoms with Crippen molar-refractivity contribution in [2.45, 2.75) is 31.4 Å². The molecule has 0 aromatic rings. The van der Waals surface area contributed by atoms with Gasteiger partial charge in [-0.1, -0.05) is 0 Å². The zero-order valence-corrected chi connectivity index (χ0v) is 8.45. The molecule has 1 aliphatic rings. The average Bonchev–Trinajstić information content (AvgIpc) is 2.15. The number of hydrogen-bond donors (Lipinski definition) is 3. The minimum Gasteiger partial charge on any atom is -0.392 e. The lowest BCUT2D eigenvalue weighted by molar-refractivity contribution is -0.130. The second-order valence-electron chi connectivity index (χ2n) is 3.83. The molecule has 1 fully saturated rings. The van der Waals surface area contributed by atoms with Gasteiger partial charge in [-0.3, -0.25) is 4.79 Å². The van der Waals surface area contributed by atoms with E-state index in [2.05, 4.69) is 5.32 Å². The molecular formula is C9H18N2O3. The van der Waals surface area contributed by atoms with E-state index in [4.69, 9.17) is 15.6 Å². The van der Waals surface area contributed by atoms with Crippen molar-refractivity contribution in [1.82, 2.24) is 5.32 Å². The molecule has 1 amide bonds. The van der Waals surface area contributed by atoms with Gasteiger partial charge in [-0.2, -0.15) is 0 Å². The maximum atomic E-state index is 11.6. The molecule has 82 valence electrons. The van der Waals surface area contributed by atoms with Gasteiger partial charge in [-0.25, -0.2) is 0 Å². The fourth-order valence-electron chi connectivity index (χ4n) is 1.38. The largest absolute Gasteiger partial charge is 0.392 e. The highest BCUT2D eigenvalue weighted by Gasteiger charge is 2.35. The van der Waals surface area contributed by atoms with Gasteiger partial charge in [0.1, 0.15) is 0 Å². The molecule has 0 spiro atoms. The normalized spacial score (nSPS) is 22.8. The van der Waals surface area contributed by atoms with Crippen molar-refractivity contribution >= 4 is 5.91 Å². The molecular weight excluding hydrogens is 184 g/mol. The molecule has 4 N–H and O–H groups in total. The summed E-state index contributed by atoms with van der Waals surface area (Å²) < 4.78 is 5.13. The molecule has 1 heterocycles. The second kappa shape index (κ2) is 4.72. The Morgan fingerprint density at radius 1 is 1.64 bits per heavy atom. The quantitative estimate of drug-likeness (QED) is 0.547. The molecule has 0 aliphatic carbocycles. The molecule has 1 rings (SSSR count). The lowest BCUT2D eigenvalue weighted by Crippen LogP contribution is -2.57. The van der Waals surface area contributed by atoms with E-state index in [1.165, 1.54) is 0 Å². The van der Waals surface area contributed by atoms with Crippen LogP contribution in [0.3, 0.4) is 0 Å². The molecule has 0 saturated carbocycles. The van der Waals surface area contributed by atoms with Gasteiger partial charge in [0.15, 0.2) is 0 Å². The first-order chi connectivity index (χ1) is 6.54. The summed E-state index contributed by atoms with van der Waals surface area (Å²) in [5, 5.41) is 11.6. The summed E-state index contributed by atoms with van der Waals surface area (Å²) in [6.45, 7) is 2.92. The summed E-state index contributed by atoms with van der Waals surface area (Å²) in [5.74, 6) is -0.193. The van der Waals surface area contributed by atoms with Crippen LogP contribution in [-0.2, 0) is 9.53 Å². The van der Waals surface area contributed by atoms with Crippen LogP contribution >= 0.6 is 0 Å². The van der Waals surface area contributed by atoms with E-state index in [0.29, 0.717) is 26.1 Å². The van der Waals surface area contributed by atoms with Crippen LogP contribution in [0.25, 0.3) is 0 Å². The summed E-state index contributed by atoms with van der Waals surface area (Å²) in [6.07, 6.45) is 0.541. The zero-order chi connectivity index (χ0) is 10.6. The molecule has 0 aromatic carbocycles. The number of nitrogens with one attached hydrogen (secondary N) is 1. The van der Waals surface area contributed by atoms with Crippen LogP contribution in [0.15, 0.2) is 0 Å². The number of carbonyl (C=O) groups excluding carboxylic acids is 1. The first kappa shape index (κ1) is 11.4. The third kappa shape index (κ3) is 2.94. The van der Waals surface area contributed by atoms with Gasteiger partial charge >= 0.3 is 0 Å². The molecule has 0 bridgehead atoms. The highest BCUT2D eigenvalue weighted by atomic mass is 16.5. The third-order valence-electron chi connectivity index (χ3n) is 2.40. The first-order valence-electron chi connectivity index (χ1n) is 4.87. The van der Waals surface area contributed by atoms with Crippen molar-refractivity contribution in [2.75, 3.05) is 19.8 Å². The number of ether oxygens (including phenoxy) is 1. The van der Waals surface area contributed by atoms with Crippen LogP contribution in [0.5, 0.6) is 0 Å². The number of nitrogens with two attached hydrogens (primary N) is 1.